The molecule has 1 saturated heterocycles. The van der Waals surface area contributed by atoms with E-state index >= 15 is 0 Å². The standard InChI is InChI=1S/C11H17ClN4O/c1-3-16-11(17)10(12)9(4-14-16)15-5-7(2)8(13)6-15/h4,7-8H,3,5-6,13H2,1-2H3. The molecule has 6 heteroatoms. The van der Waals surface area contributed by atoms with Crippen LogP contribution in [0.1, 0.15) is 13.8 Å². The van der Waals surface area contributed by atoms with Crippen LogP contribution in [0.25, 0.3) is 0 Å². The summed E-state index contributed by atoms with van der Waals surface area (Å²) in [6.07, 6.45) is 1.65. The topological polar surface area (TPSA) is 64.2 Å². The molecule has 1 aliphatic heterocycles. The Labute approximate surface area is 105 Å². The molecule has 0 bridgehead atoms. The maximum Gasteiger partial charge on any atom is 0.287 e. The number of halogens is 1. The third kappa shape index (κ3) is 2.17. The average Bonchev–Trinajstić information content (AvgIpc) is 2.63. The lowest BCUT2D eigenvalue weighted by Gasteiger charge is -2.19. The summed E-state index contributed by atoms with van der Waals surface area (Å²) in [5.41, 5.74) is 6.42. The van der Waals surface area contributed by atoms with E-state index in [1.807, 2.05) is 11.8 Å². The van der Waals surface area contributed by atoms with Gasteiger partial charge in [0.05, 0.1) is 11.9 Å². The van der Waals surface area contributed by atoms with E-state index in [9.17, 15) is 4.79 Å². The fraction of sp³-hybridized carbons (Fsp3) is 0.636. The SMILES string of the molecule is CCn1ncc(N2CC(C)C(N)C2)c(Cl)c1=O. The van der Waals surface area contributed by atoms with Gasteiger partial charge in [-0.3, -0.25) is 4.79 Å². The molecule has 2 rings (SSSR count). The van der Waals surface area contributed by atoms with Crippen LogP contribution in [0.2, 0.25) is 5.02 Å². The first kappa shape index (κ1) is 12.4. The molecule has 1 aromatic heterocycles. The fourth-order valence-electron chi connectivity index (χ4n) is 2.09. The van der Waals surface area contributed by atoms with Crippen molar-refractivity contribution in [3.63, 3.8) is 0 Å². The summed E-state index contributed by atoms with van der Waals surface area (Å²) in [6.45, 7) is 6.02. The monoisotopic (exact) mass is 256 g/mol. The number of aromatic nitrogens is 2. The van der Waals surface area contributed by atoms with Crippen LogP contribution in [-0.4, -0.2) is 28.9 Å². The molecule has 0 saturated carbocycles. The molecule has 0 aromatic carbocycles. The molecule has 2 unspecified atom stereocenters. The van der Waals surface area contributed by atoms with Crippen molar-refractivity contribution < 1.29 is 0 Å². The number of rotatable bonds is 2. The zero-order valence-electron chi connectivity index (χ0n) is 10.1. The highest BCUT2D eigenvalue weighted by Crippen LogP contribution is 2.26. The molecule has 0 spiro atoms. The van der Waals surface area contributed by atoms with Gasteiger partial charge in [0, 0.05) is 25.7 Å². The summed E-state index contributed by atoms with van der Waals surface area (Å²) < 4.78 is 1.35. The van der Waals surface area contributed by atoms with Crippen molar-refractivity contribution in [1.82, 2.24) is 9.78 Å². The van der Waals surface area contributed by atoms with Gasteiger partial charge in [-0.15, -0.1) is 0 Å². The van der Waals surface area contributed by atoms with Crippen LogP contribution in [0, 0.1) is 5.92 Å². The molecule has 2 N–H and O–H groups in total. The molecule has 0 amide bonds. The van der Waals surface area contributed by atoms with Gasteiger partial charge in [0.2, 0.25) is 0 Å². The van der Waals surface area contributed by atoms with E-state index in [0.29, 0.717) is 18.2 Å². The van der Waals surface area contributed by atoms with Gasteiger partial charge in [-0.1, -0.05) is 18.5 Å². The van der Waals surface area contributed by atoms with E-state index in [4.69, 9.17) is 17.3 Å². The number of anilines is 1. The number of nitrogens with zero attached hydrogens (tertiary/aromatic N) is 3. The first-order valence-electron chi connectivity index (χ1n) is 5.80. The minimum absolute atomic E-state index is 0.125. The van der Waals surface area contributed by atoms with Crippen LogP contribution >= 0.6 is 11.6 Å². The summed E-state index contributed by atoms with van der Waals surface area (Å²) in [5.74, 6) is 0.402. The van der Waals surface area contributed by atoms with E-state index in [1.54, 1.807) is 6.20 Å². The molecule has 5 nitrogen and oxygen atoms in total. The predicted octanol–water partition coefficient (Wildman–Crippen LogP) is 0.700. The van der Waals surface area contributed by atoms with Crippen molar-refractivity contribution in [3.05, 3.63) is 21.6 Å². The summed E-state index contributed by atoms with van der Waals surface area (Å²) in [5, 5.41) is 4.33. The number of hydrogen-bond acceptors (Lipinski definition) is 4. The molecular weight excluding hydrogens is 240 g/mol. The summed E-state index contributed by atoms with van der Waals surface area (Å²) in [4.78, 5) is 13.9. The summed E-state index contributed by atoms with van der Waals surface area (Å²) >= 11 is 6.10. The van der Waals surface area contributed by atoms with Gasteiger partial charge >= 0.3 is 0 Å². The van der Waals surface area contributed by atoms with Crippen molar-refractivity contribution in [2.24, 2.45) is 11.7 Å². The third-order valence-corrected chi connectivity index (χ3v) is 3.63. The number of hydrogen-bond donors (Lipinski definition) is 1. The maximum atomic E-state index is 11.9. The highest BCUT2D eigenvalue weighted by atomic mass is 35.5. The normalized spacial score (nSPS) is 24.4. The zero-order chi connectivity index (χ0) is 12.6. The van der Waals surface area contributed by atoms with Gasteiger partial charge in [0.25, 0.3) is 5.56 Å². The minimum Gasteiger partial charge on any atom is -0.367 e. The van der Waals surface area contributed by atoms with Gasteiger partial charge in [0.1, 0.15) is 5.02 Å². The highest BCUT2D eigenvalue weighted by molar-refractivity contribution is 6.33. The lowest BCUT2D eigenvalue weighted by Crippen LogP contribution is -2.30. The molecule has 17 heavy (non-hydrogen) atoms. The first-order valence-corrected chi connectivity index (χ1v) is 6.18. The van der Waals surface area contributed by atoms with Crippen LogP contribution in [-0.2, 0) is 6.54 Å². The quantitative estimate of drug-likeness (QED) is 0.846. The van der Waals surface area contributed by atoms with E-state index in [1.165, 1.54) is 4.68 Å². The van der Waals surface area contributed by atoms with Crippen LogP contribution < -0.4 is 16.2 Å². The van der Waals surface area contributed by atoms with Crippen LogP contribution in [0.4, 0.5) is 5.69 Å². The van der Waals surface area contributed by atoms with Crippen LogP contribution in [0.3, 0.4) is 0 Å². The first-order chi connectivity index (χ1) is 8.04. The number of nitrogens with two attached hydrogens (primary N) is 1. The van der Waals surface area contributed by atoms with Crippen molar-refractivity contribution in [2.75, 3.05) is 18.0 Å². The molecule has 0 aliphatic carbocycles. The van der Waals surface area contributed by atoms with Crippen LogP contribution in [0.5, 0.6) is 0 Å². The van der Waals surface area contributed by atoms with Gasteiger partial charge in [-0.05, 0) is 12.8 Å². The van der Waals surface area contributed by atoms with Gasteiger partial charge in [-0.25, -0.2) is 4.68 Å². The molecule has 1 aliphatic rings. The van der Waals surface area contributed by atoms with Crippen molar-refractivity contribution in [1.29, 1.82) is 0 Å². The van der Waals surface area contributed by atoms with Gasteiger partial charge < -0.3 is 10.6 Å². The Morgan fingerprint density at radius 1 is 1.59 bits per heavy atom. The minimum atomic E-state index is -0.236. The summed E-state index contributed by atoms with van der Waals surface area (Å²) in [6, 6.07) is 0.125. The smallest absolute Gasteiger partial charge is 0.287 e. The van der Waals surface area contributed by atoms with Crippen molar-refractivity contribution in [3.8, 4) is 0 Å². The summed E-state index contributed by atoms with van der Waals surface area (Å²) in [7, 11) is 0. The lowest BCUT2D eigenvalue weighted by molar-refractivity contribution is 0.566. The highest BCUT2D eigenvalue weighted by Gasteiger charge is 2.28. The molecule has 1 fully saturated rings. The second-order valence-corrected chi connectivity index (χ2v) is 4.89. The van der Waals surface area contributed by atoms with Gasteiger partial charge in [0.15, 0.2) is 0 Å². The maximum absolute atomic E-state index is 11.9. The van der Waals surface area contributed by atoms with Crippen molar-refractivity contribution >= 4 is 17.3 Å². The largest absolute Gasteiger partial charge is 0.367 e. The molecule has 1 aromatic rings. The van der Waals surface area contributed by atoms with Crippen LogP contribution in [0.15, 0.2) is 11.0 Å². The Morgan fingerprint density at radius 3 is 2.82 bits per heavy atom. The Morgan fingerprint density at radius 2 is 2.29 bits per heavy atom. The zero-order valence-corrected chi connectivity index (χ0v) is 10.8. The van der Waals surface area contributed by atoms with E-state index in [2.05, 4.69) is 12.0 Å². The Balaban J connectivity index is 2.35. The van der Waals surface area contributed by atoms with Crippen molar-refractivity contribution in [2.45, 2.75) is 26.4 Å². The Bertz CT molecular complexity index is 463. The molecular formula is C11H17ClN4O. The molecule has 2 atom stereocenters. The lowest BCUT2D eigenvalue weighted by atomic mass is 10.1. The van der Waals surface area contributed by atoms with Gasteiger partial charge in [-0.2, -0.15) is 5.10 Å². The molecule has 0 radical (unpaired) electrons. The Kier molecular flexibility index (Phi) is 3.40. The predicted molar refractivity (Wildman–Crippen MR) is 68.5 cm³/mol. The second kappa shape index (κ2) is 4.66. The van der Waals surface area contributed by atoms with E-state index in [-0.39, 0.29) is 16.6 Å². The molecule has 94 valence electrons. The third-order valence-electron chi connectivity index (χ3n) is 3.28. The Hall–Kier alpha value is -1.07. The van der Waals surface area contributed by atoms with E-state index < -0.39 is 0 Å². The molecule has 2 heterocycles. The number of aryl methyl sites for hydroxylation is 1. The second-order valence-electron chi connectivity index (χ2n) is 4.51. The van der Waals surface area contributed by atoms with E-state index in [0.717, 1.165) is 13.1 Å². The fourth-order valence-corrected chi connectivity index (χ4v) is 2.36. The average molecular weight is 257 g/mol.